The van der Waals surface area contributed by atoms with Gasteiger partial charge in [-0.05, 0) is 29.7 Å². The maximum Gasteiger partial charge on any atom is 0.291 e. The van der Waals surface area contributed by atoms with Gasteiger partial charge in [0.1, 0.15) is 0 Å². The Kier molecular flexibility index (Phi) is 4.24. The molecule has 0 radical (unpaired) electrons. The lowest BCUT2D eigenvalue weighted by Crippen LogP contribution is -2.45. The molecule has 5 heteroatoms. The molecule has 1 aliphatic heterocycles. The Bertz CT molecular complexity index is 963. The van der Waals surface area contributed by atoms with Crippen molar-refractivity contribution in [3.8, 4) is 0 Å². The van der Waals surface area contributed by atoms with Crippen LogP contribution in [0.1, 0.15) is 40.0 Å². The molecule has 0 aliphatic carbocycles. The summed E-state index contributed by atoms with van der Waals surface area (Å²) in [6, 6.07) is 14.5. The Morgan fingerprint density at radius 3 is 2.65 bits per heavy atom. The largest absolute Gasteiger partial charge is 0.436 e. The van der Waals surface area contributed by atoms with Crippen LogP contribution in [0.4, 0.5) is 0 Å². The van der Waals surface area contributed by atoms with E-state index in [1.807, 2.05) is 12.1 Å². The van der Waals surface area contributed by atoms with Gasteiger partial charge in [-0.3, -0.25) is 4.79 Å². The van der Waals surface area contributed by atoms with Gasteiger partial charge in [0, 0.05) is 25.9 Å². The quantitative estimate of drug-likeness (QED) is 0.769. The average Bonchev–Trinajstić information content (AvgIpc) is 2.98. The highest BCUT2D eigenvalue weighted by molar-refractivity contribution is 5.92. The maximum absolute atomic E-state index is 12.7. The summed E-state index contributed by atoms with van der Waals surface area (Å²) >= 11 is 0. The lowest BCUT2D eigenvalue weighted by molar-refractivity contribution is 0.0358. The van der Waals surface area contributed by atoms with Gasteiger partial charge in [0.25, 0.3) is 5.91 Å². The molecule has 4 rings (SSSR count). The van der Waals surface area contributed by atoms with Gasteiger partial charge in [0.2, 0.25) is 5.76 Å². The van der Waals surface area contributed by atoms with E-state index >= 15 is 0 Å². The number of amides is 1. The first-order valence-electron chi connectivity index (χ1n) is 8.93. The lowest BCUT2D eigenvalue weighted by atomic mass is 9.86. The third-order valence-electron chi connectivity index (χ3n) is 5.17. The second kappa shape index (κ2) is 6.57. The van der Waals surface area contributed by atoms with Crippen LogP contribution in [0.15, 0.2) is 46.9 Å². The predicted octanol–water partition coefficient (Wildman–Crippen LogP) is 3.44. The van der Waals surface area contributed by atoms with E-state index in [-0.39, 0.29) is 17.6 Å². The Hall–Kier alpha value is -2.66. The molecule has 26 heavy (non-hydrogen) atoms. The van der Waals surface area contributed by atoms with Gasteiger partial charge in [-0.25, -0.2) is 4.98 Å². The zero-order valence-electron chi connectivity index (χ0n) is 15.0. The Labute approximate surface area is 152 Å². The van der Waals surface area contributed by atoms with E-state index in [0.29, 0.717) is 24.7 Å². The molecule has 1 amide bonds. The number of aliphatic hydroxyl groups is 1. The van der Waals surface area contributed by atoms with Gasteiger partial charge in [0.15, 0.2) is 5.89 Å². The average molecular weight is 350 g/mol. The first kappa shape index (κ1) is 16.8. The third-order valence-corrected chi connectivity index (χ3v) is 5.17. The molecule has 2 atom stereocenters. The fourth-order valence-electron chi connectivity index (χ4n) is 3.82. The smallest absolute Gasteiger partial charge is 0.291 e. The van der Waals surface area contributed by atoms with E-state index in [9.17, 15) is 9.90 Å². The van der Waals surface area contributed by atoms with Crippen LogP contribution in [0.5, 0.6) is 0 Å². The van der Waals surface area contributed by atoms with Gasteiger partial charge in [-0.2, -0.15) is 0 Å². The molecule has 134 valence electrons. The Morgan fingerprint density at radius 1 is 1.19 bits per heavy atom. The second-order valence-corrected chi connectivity index (χ2v) is 6.97. The van der Waals surface area contributed by atoms with Crippen molar-refractivity contribution in [1.29, 1.82) is 0 Å². The van der Waals surface area contributed by atoms with E-state index in [1.165, 1.54) is 10.8 Å². The SMILES string of the molecule is Cc1nc(C)c(C(=O)N2CC[C@H](c3ccc4ccccc4c3)[C@@H](O)C2)o1. The van der Waals surface area contributed by atoms with Crippen molar-refractivity contribution in [1.82, 2.24) is 9.88 Å². The highest BCUT2D eigenvalue weighted by Gasteiger charge is 2.33. The van der Waals surface area contributed by atoms with Gasteiger partial charge in [0.05, 0.1) is 11.8 Å². The van der Waals surface area contributed by atoms with Crippen LogP contribution in [-0.2, 0) is 0 Å². The fourth-order valence-corrected chi connectivity index (χ4v) is 3.82. The molecule has 5 nitrogen and oxygen atoms in total. The minimum absolute atomic E-state index is 0.0289. The number of fused-ring (bicyclic) bond motifs is 1. The molecular weight excluding hydrogens is 328 g/mol. The standard InChI is InChI=1S/C21H22N2O3/c1-13-20(26-14(2)22-13)21(25)23-10-9-18(19(24)12-23)17-8-7-15-5-3-4-6-16(15)11-17/h3-8,11,18-19,24H,9-10,12H2,1-2H3/t18-,19+/m1/s1. The molecule has 2 heterocycles. The van der Waals surface area contributed by atoms with Crippen molar-refractivity contribution in [3.05, 3.63) is 65.4 Å². The van der Waals surface area contributed by atoms with Crippen LogP contribution in [0.2, 0.25) is 0 Å². The molecular formula is C21H22N2O3. The number of β-amino-alcohol motifs (C(OH)–C–C–N with tert-alkyl or cyclic N) is 1. The number of aliphatic hydroxyl groups excluding tert-OH is 1. The van der Waals surface area contributed by atoms with Crippen molar-refractivity contribution in [3.63, 3.8) is 0 Å². The number of hydrogen-bond donors (Lipinski definition) is 1. The number of oxazole rings is 1. The minimum Gasteiger partial charge on any atom is -0.436 e. The first-order chi connectivity index (χ1) is 12.5. The number of carbonyl (C=O) groups excluding carboxylic acids is 1. The van der Waals surface area contributed by atoms with E-state index in [0.717, 1.165) is 12.0 Å². The zero-order chi connectivity index (χ0) is 18.3. The maximum atomic E-state index is 12.7. The molecule has 0 saturated carbocycles. The van der Waals surface area contributed by atoms with Gasteiger partial charge in [-0.15, -0.1) is 0 Å². The number of piperidine rings is 1. The molecule has 3 aromatic rings. The highest BCUT2D eigenvalue weighted by Crippen LogP contribution is 2.31. The van der Waals surface area contributed by atoms with Crippen LogP contribution in [0.3, 0.4) is 0 Å². The molecule has 1 aliphatic rings. The van der Waals surface area contributed by atoms with E-state index < -0.39 is 6.10 Å². The number of aromatic nitrogens is 1. The van der Waals surface area contributed by atoms with Crippen molar-refractivity contribution in [2.45, 2.75) is 32.3 Å². The third kappa shape index (κ3) is 2.99. The zero-order valence-corrected chi connectivity index (χ0v) is 15.0. The number of hydrogen-bond acceptors (Lipinski definition) is 4. The van der Waals surface area contributed by atoms with Gasteiger partial charge < -0.3 is 14.4 Å². The molecule has 0 unspecified atom stereocenters. The van der Waals surface area contributed by atoms with E-state index in [2.05, 4.69) is 35.3 Å². The van der Waals surface area contributed by atoms with Crippen molar-refractivity contribution in [2.24, 2.45) is 0 Å². The first-order valence-corrected chi connectivity index (χ1v) is 8.93. The Morgan fingerprint density at radius 2 is 1.96 bits per heavy atom. The number of benzene rings is 2. The molecule has 1 N–H and O–H groups in total. The molecule has 0 bridgehead atoms. The van der Waals surface area contributed by atoms with Crippen molar-refractivity contribution < 1.29 is 14.3 Å². The number of carbonyl (C=O) groups is 1. The summed E-state index contributed by atoms with van der Waals surface area (Å²) in [5.41, 5.74) is 1.72. The normalized spacial score (nSPS) is 20.5. The van der Waals surface area contributed by atoms with Crippen LogP contribution >= 0.6 is 0 Å². The topological polar surface area (TPSA) is 66.6 Å². The summed E-state index contributed by atoms with van der Waals surface area (Å²) in [4.78, 5) is 18.5. The van der Waals surface area contributed by atoms with Crippen molar-refractivity contribution in [2.75, 3.05) is 13.1 Å². The second-order valence-electron chi connectivity index (χ2n) is 6.97. The molecule has 0 spiro atoms. The number of rotatable bonds is 2. The van der Waals surface area contributed by atoms with Gasteiger partial charge >= 0.3 is 0 Å². The summed E-state index contributed by atoms with van der Waals surface area (Å²) in [6.07, 6.45) is 0.121. The monoisotopic (exact) mass is 350 g/mol. The number of nitrogens with zero attached hydrogens (tertiary/aromatic N) is 2. The summed E-state index contributed by atoms with van der Waals surface area (Å²) in [5.74, 6) is 0.594. The van der Waals surface area contributed by atoms with Crippen LogP contribution in [0, 0.1) is 13.8 Å². The molecule has 1 fully saturated rings. The number of likely N-dealkylation sites (tertiary alicyclic amines) is 1. The van der Waals surface area contributed by atoms with E-state index in [4.69, 9.17) is 4.42 Å². The van der Waals surface area contributed by atoms with Crippen molar-refractivity contribution >= 4 is 16.7 Å². The summed E-state index contributed by atoms with van der Waals surface area (Å²) in [7, 11) is 0. The summed E-state index contributed by atoms with van der Waals surface area (Å²) in [6.45, 7) is 4.38. The van der Waals surface area contributed by atoms with Gasteiger partial charge in [-0.1, -0.05) is 42.5 Å². The lowest BCUT2D eigenvalue weighted by Gasteiger charge is -2.36. The highest BCUT2D eigenvalue weighted by atomic mass is 16.4. The van der Waals surface area contributed by atoms with Crippen LogP contribution in [-0.4, -0.2) is 40.1 Å². The van der Waals surface area contributed by atoms with Crippen LogP contribution < -0.4 is 0 Å². The fraction of sp³-hybridized carbons (Fsp3) is 0.333. The minimum atomic E-state index is -0.599. The Balaban J connectivity index is 1.52. The summed E-state index contributed by atoms with van der Waals surface area (Å²) in [5, 5.41) is 13.1. The molecule has 2 aromatic carbocycles. The number of aryl methyl sites for hydroxylation is 2. The van der Waals surface area contributed by atoms with E-state index in [1.54, 1.807) is 18.7 Å². The predicted molar refractivity (Wildman–Crippen MR) is 99.2 cm³/mol. The van der Waals surface area contributed by atoms with Crippen LogP contribution in [0.25, 0.3) is 10.8 Å². The summed E-state index contributed by atoms with van der Waals surface area (Å²) < 4.78 is 5.44. The molecule has 1 aromatic heterocycles. The molecule has 1 saturated heterocycles.